The summed E-state index contributed by atoms with van der Waals surface area (Å²) in [5.41, 5.74) is 0.240. The fraction of sp³-hybridized carbons (Fsp3) is 0.100. The molecule has 0 bridgehead atoms. The number of nitrogens with zero attached hydrogens (tertiary/aromatic N) is 3. The number of hydrogen-bond acceptors (Lipinski definition) is 5. The lowest BCUT2D eigenvalue weighted by Gasteiger charge is -2.04. The molecule has 2 rings (SSSR count). The van der Waals surface area contributed by atoms with Gasteiger partial charge in [-0.05, 0) is 18.2 Å². The quantitative estimate of drug-likeness (QED) is 0.784. The van der Waals surface area contributed by atoms with Crippen molar-refractivity contribution in [1.82, 2.24) is 10.1 Å². The van der Waals surface area contributed by atoms with Crippen molar-refractivity contribution in [3.8, 4) is 11.8 Å². The molecule has 0 amide bonds. The first-order chi connectivity index (χ1) is 7.79. The predicted molar refractivity (Wildman–Crippen MR) is 49.7 cm³/mol. The Hall–Kier alpha value is -2.42. The van der Waals surface area contributed by atoms with Crippen LogP contribution in [0.4, 0.5) is 4.39 Å². The second kappa shape index (κ2) is 4.40. The third-order valence-electron chi connectivity index (χ3n) is 1.82. The van der Waals surface area contributed by atoms with E-state index in [2.05, 4.69) is 14.7 Å². The molecule has 0 radical (unpaired) electrons. The summed E-state index contributed by atoms with van der Waals surface area (Å²) in [6.07, 6.45) is 1.16. The molecule has 0 N–H and O–H groups in total. The van der Waals surface area contributed by atoms with Crippen molar-refractivity contribution in [3.05, 3.63) is 41.8 Å². The first kappa shape index (κ1) is 10.1. The second-order valence-corrected chi connectivity index (χ2v) is 2.89. The van der Waals surface area contributed by atoms with E-state index in [9.17, 15) is 4.39 Å². The SMILES string of the molecule is N#Cc1ccc(OCc2ncon2)c(F)c1. The van der Waals surface area contributed by atoms with Crippen molar-refractivity contribution >= 4 is 0 Å². The number of benzene rings is 1. The van der Waals surface area contributed by atoms with Crippen molar-refractivity contribution < 1.29 is 13.7 Å². The van der Waals surface area contributed by atoms with Gasteiger partial charge >= 0.3 is 0 Å². The lowest BCUT2D eigenvalue weighted by molar-refractivity contribution is 0.273. The van der Waals surface area contributed by atoms with Gasteiger partial charge < -0.3 is 9.26 Å². The predicted octanol–water partition coefficient (Wildman–Crippen LogP) is 1.66. The third-order valence-corrected chi connectivity index (χ3v) is 1.82. The Balaban J connectivity index is 2.08. The van der Waals surface area contributed by atoms with E-state index >= 15 is 0 Å². The zero-order valence-electron chi connectivity index (χ0n) is 8.05. The van der Waals surface area contributed by atoms with E-state index in [0.29, 0.717) is 5.82 Å². The standard InChI is InChI=1S/C10H6FN3O2/c11-8-3-7(4-12)1-2-9(8)15-5-10-13-6-16-14-10/h1-3,6H,5H2. The van der Waals surface area contributed by atoms with Gasteiger partial charge in [-0.2, -0.15) is 10.2 Å². The molecule has 0 atom stereocenters. The molecule has 1 heterocycles. The zero-order chi connectivity index (χ0) is 11.4. The molecule has 0 aliphatic rings. The summed E-state index contributed by atoms with van der Waals surface area (Å²) in [6, 6.07) is 5.78. The number of halogens is 1. The van der Waals surface area contributed by atoms with Crippen LogP contribution in [0.2, 0.25) is 0 Å². The van der Waals surface area contributed by atoms with E-state index in [1.54, 1.807) is 0 Å². The molecular weight excluding hydrogens is 213 g/mol. The Morgan fingerprint density at radius 3 is 3.00 bits per heavy atom. The molecular formula is C10H6FN3O2. The van der Waals surface area contributed by atoms with Gasteiger partial charge in [-0.15, -0.1) is 0 Å². The highest BCUT2D eigenvalue weighted by molar-refractivity contribution is 5.35. The number of hydrogen-bond donors (Lipinski definition) is 0. The highest BCUT2D eigenvalue weighted by atomic mass is 19.1. The lowest BCUT2D eigenvalue weighted by Crippen LogP contribution is -1.99. The average molecular weight is 219 g/mol. The van der Waals surface area contributed by atoms with Gasteiger partial charge in [0, 0.05) is 0 Å². The maximum absolute atomic E-state index is 13.3. The molecule has 2 aromatic rings. The van der Waals surface area contributed by atoms with Gasteiger partial charge in [-0.25, -0.2) is 4.39 Å². The van der Waals surface area contributed by atoms with E-state index in [0.717, 1.165) is 12.5 Å². The molecule has 1 aromatic heterocycles. The Kier molecular flexibility index (Phi) is 2.78. The molecule has 0 aliphatic heterocycles. The molecule has 80 valence electrons. The maximum atomic E-state index is 13.3. The summed E-state index contributed by atoms with van der Waals surface area (Å²) >= 11 is 0. The summed E-state index contributed by atoms with van der Waals surface area (Å²) in [6.45, 7) is 0.0132. The van der Waals surface area contributed by atoms with Gasteiger partial charge in [0.1, 0.15) is 0 Å². The average Bonchev–Trinajstić information content (AvgIpc) is 2.80. The van der Waals surface area contributed by atoms with Crippen LogP contribution >= 0.6 is 0 Å². The van der Waals surface area contributed by atoms with Crippen LogP contribution in [0.3, 0.4) is 0 Å². The summed E-state index contributed by atoms with van der Waals surface area (Å²) < 4.78 is 22.9. The largest absolute Gasteiger partial charge is 0.482 e. The zero-order valence-corrected chi connectivity index (χ0v) is 8.05. The minimum atomic E-state index is -0.595. The molecule has 0 saturated heterocycles. The van der Waals surface area contributed by atoms with Gasteiger partial charge in [0.05, 0.1) is 11.6 Å². The van der Waals surface area contributed by atoms with Crippen LogP contribution in [0.1, 0.15) is 11.4 Å². The first-order valence-electron chi connectivity index (χ1n) is 4.37. The second-order valence-electron chi connectivity index (χ2n) is 2.89. The van der Waals surface area contributed by atoms with Crippen LogP contribution in [0.5, 0.6) is 5.75 Å². The fourth-order valence-corrected chi connectivity index (χ4v) is 1.09. The fourth-order valence-electron chi connectivity index (χ4n) is 1.09. The molecule has 0 aliphatic carbocycles. The van der Waals surface area contributed by atoms with Crippen LogP contribution in [0.15, 0.2) is 29.1 Å². The Labute approximate surface area is 90.1 Å². The monoisotopic (exact) mass is 219 g/mol. The highest BCUT2D eigenvalue weighted by Gasteiger charge is 2.06. The minimum absolute atomic E-state index is 0.0132. The van der Waals surface area contributed by atoms with E-state index in [1.165, 1.54) is 12.1 Å². The van der Waals surface area contributed by atoms with E-state index in [4.69, 9.17) is 10.00 Å². The molecule has 0 saturated carbocycles. The van der Waals surface area contributed by atoms with Gasteiger partial charge in [0.25, 0.3) is 0 Å². The molecule has 5 nitrogen and oxygen atoms in total. The van der Waals surface area contributed by atoms with Gasteiger partial charge in [0.15, 0.2) is 18.2 Å². The van der Waals surface area contributed by atoms with Crippen molar-refractivity contribution in [3.63, 3.8) is 0 Å². The normalized spacial score (nSPS) is 9.75. The topological polar surface area (TPSA) is 71.9 Å². The van der Waals surface area contributed by atoms with Crippen LogP contribution in [-0.4, -0.2) is 10.1 Å². The summed E-state index contributed by atoms with van der Waals surface area (Å²) in [7, 11) is 0. The first-order valence-corrected chi connectivity index (χ1v) is 4.37. The van der Waals surface area contributed by atoms with Crippen LogP contribution in [0, 0.1) is 17.1 Å². The number of rotatable bonds is 3. The highest BCUT2D eigenvalue weighted by Crippen LogP contribution is 2.18. The number of aromatic nitrogens is 2. The van der Waals surface area contributed by atoms with Crippen LogP contribution < -0.4 is 4.74 Å². The molecule has 1 aromatic carbocycles. The van der Waals surface area contributed by atoms with Gasteiger partial charge in [0.2, 0.25) is 12.2 Å². The molecule has 0 fully saturated rings. The van der Waals surface area contributed by atoms with E-state index in [1.807, 2.05) is 6.07 Å². The molecule has 6 heteroatoms. The van der Waals surface area contributed by atoms with E-state index < -0.39 is 5.82 Å². The van der Waals surface area contributed by atoms with Crippen molar-refractivity contribution in [1.29, 1.82) is 5.26 Å². The number of nitriles is 1. The van der Waals surface area contributed by atoms with Crippen LogP contribution in [0.25, 0.3) is 0 Å². The van der Waals surface area contributed by atoms with Crippen LogP contribution in [-0.2, 0) is 6.61 Å². The smallest absolute Gasteiger partial charge is 0.213 e. The van der Waals surface area contributed by atoms with Gasteiger partial charge in [-0.3, -0.25) is 0 Å². The Morgan fingerprint density at radius 2 is 2.38 bits per heavy atom. The van der Waals surface area contributed by atoms with Crippen molar-refractivity contribution in [2.45, 2.75) is 6.61 Å². The Bertz CT molecular complexity index is 519. The minimum Gasteiger partial charge on any atom is -0.482 e. The Morgan fingerprint density at radius 1 is 1.50 bits per heavy atom. The molecule has 0 spiro atoms. The summed E-state index contributed by atoms with van der Waals surface area (Å²) in [5.74, 6) is -0.227. The van der Waals surface area contributed by atoms with E-state index in [-0.39, 0.29) is 17.9 Å². The molecule has 0 unspecified atom stereocenters. The lowest BCUT2D eigenvalue weighted by atomic mass is 10.2. The van der Waals surface area contributed by atoms with Crippen molar-refractivity contribution in [2.75, 3.05) is 0 Å². The maximum Gasteiger partial charge on any atom is 0.213 e. The third kappa shape index (κ3) is 2.15. The summed E-state index contributed by atoms with van der Waals surface area (Å²) in [4.78, 5) is 3.72. The number of ether oxygens (including phenoxy) is 1. The molecule has 16 heavy (non-hydrogen) atoms. The summed E-state index contributed by atoms with van der Waals surface area (Å²) in [5, 5.41) is 12.1. The van der Waals surface area contributed by atoms with Gasteiger partial charge in [-0.1, -0.05) is 5.16 Å². The van der Waals surface area contributed by atoms with Crippen molar-refractivity contribution in [2.24, 2.45) is 0 Å².